The van der Waals surface area contributed by atoms with Crippen LogP contribution in [0.15, 0.2) is 55.6 Å². The third kappa shape index (κ3) is 4.73. The third-order valence-corrected chi connectivity index (χ3v) is 5.58. The molecular formula is C29H37NO2. The normalized spacial score (nSPS) is 14.1. The van der Waals surface area contributed by atoms with Crippen LogP contribution in [-0.2, 0) is 6.42 Å². The molecule has 3 heteroatoms. The largest absolute Gasteiger partial charge is 0.493 e. The molecule has 0 amide bonds. The van der Waals surface area contributed by atoms with Crippen molar-refractivity contribution in [1.82, 2.24) is 5.32 Å². The minimum atomic E-state index is 0.0750. The lowest BCUT2D eigenvalue weighted by Crippen LogP contribution is -2.31. The van der Waals surface area contributed by atoms with Crippen LogP contribution in [0.4, 0.5) is 0 Å². The van der Waals surface area contributed by atoms with Crippen molar-refractivity contribution in [1.29, 1.82) is 0 Å². The van der Waals surface area contributed by atoms with Crippen LogP contribution in [0.3, 0.4) is 0 Å². The van der Waals surface area contributed by atoms with Gasteiger partial charge in [-0.15, -0.1) is 0 Å². The van der Waals surface area contributed by atoms with E-state index in [1.807, 2.05) is 39.8 Å². The van der Waals surface area contributed by atoms with E-state index in [4.69, 9.17) is 9.47 Å². The van der Waals surface area contributed by atoms with Gasteiger partial charge in [0.1, 0.15) is 0 Å². The van der Waals surface area contributed by atoms with Crippen molar-refractivity contribution >= 4 is 22.9 Å². The first-order chi connectivity index (χ1) is 15.7. The Morgan fingerprint density at radius 1 is 0.844 bits per heavy atom. The molecule has 32 heavy (non-hydrogen) atoms. The molecule has 0 bridgehead atoms. The Balaban J connectivity index is 0.000000860. The van der Waals surface area contributed by atoms with Crippen LogP contribution in [0.2, 0.25) is 0 Å². The lowest BCUT2D eigenvalue weighted by molar-refractivity contribution is 0.353. The smallest absolute Gasteiger partial charge is 0.161 e. The third-order valence-electron chi connectivity index (χ3n) is 5.58. The highest BCUT2D eigenvalue weighted by atomic mass is 16.5. The van der Waals surface area contributed by atoms with Crippen molar-refractivity contribution in [3.05, 3.63) is 83.4 Å². The van der Waals surface area contributed by atoms with Gasteiger partial charge >= 0.3 is 0 Å². The van der Waals surface area contributed by atoms with E-state index in [9.17, 15) is 0 Å². The van der Waals surface area contributed by atoms with Gasteiger partial charge in [0.25, 0.3) is 0 Å². The molecule has 4 rings (SSSR count). The molecule has 0 fully saturated rings. The maximum Gasteiger partial charge on any atom is 0.161 e. The standard InChI is InChI=1S/C25H25NO2.2C2H6/c1-5-16-13-22(20-10-8-7-9-19(20)18(16)6-2)25-21-15-24(28-4)23(27-3)14-17(21)11-12-26-25;2*1-2/h5-10,13-15,25-26H,1-2,11-12H2,3-4H3;2*1-2H3. The molecule has 1 aliphatic rings. The fourth-order valence-electron chi connectivity index (χ4n) is 4.24. The van der Waals surface area contributed by atoms with Crippen LogP contribution >= 0.6 is 0 Å². The second kappa shape index (κ2) is 12.1. The van der Waals surface area contributed by atoms with Gasteiger partial charge in [0, 0.05) is 6.54 Å². The Hall–Kier alpha value is -3.04. The molecule has 170 valence electrons. The number of nitrogens with one attached hydrogen (secondary N) is 1. The molecule has 1 aliphatic heterocycles. The van der Waals surface area contributed by atoms with E-state index in [1.165, 1.54) is 27.5 Å². The van der Waals surface area contributed by atoms with E-state index < -0.39 is 0 Å². The van der Waals surface area contributed by atoms with Gasteiger partial charge in [-0.05, 0) is 63.2 Å². The molecule has 3 aromatic rings. The molecule has 0 aromatic heterocycles. The second-order valence-electron chi connectivity index (χ2n) is 6.97. The zero-order valence-electron chi connectivity index (χ0n) is 20.4. The van der Waals surface area contributed by atoms with E-state index in [1.54, 1.807) is 14.2 Å². The molecule has 0 spiro atoms. The number of benzene rings is 3. The highest BCUT2D eigenvalue weighted by Gasteiger charge is 2.26. The van der Waals surface area contributed by atoms with Gasteiger partial charge in [-0.1, -0.05) is 77.3 Å². The summed E-state index contributed by atoms with van der Waals surface area (Å²) >= 11 is 0. The number of hydrogen-bond acceptors (Lipinski definition) is 3. The van der Waals surface area contributed by atoms with Crippen LogP contribution in [-0.4, -0.2) is 20.8 Å². The SMILES string of the molecule is C=Cc1cc(C2NCCc3cc(OC)c(OC)cc32)c2ccccc2c1C=C.CC.CC. The van der Waals surface area contributed by atoms with Crippen molar-refractivity contribution < 1.29 is 9.47 Å². The summed E-state index contributed by atoms with van der Waals surface area (Å²) in [6.07, 6.45) is 4.79. The molecule has 0 saturated carbocycles. The Bertz CT molecular complexity index is 1070. The predicted molar refractivity (Wildman–Crippen MR) is 140 cm³/mol. The average Bonchev–Trinajstić information content (AvgIpc) is 2.88. The maximum atomic E-state index is 5.57. The zero-order valence-corrected chi connectivity index (χ0v) is 20.4. The van der Waals surface area contributed by atoms with Gasteiger partial charge in [-0.25, -0.2) is 0 Å². The first kappa shape index (κ1) is 25.2. The zero-order chi connectivity index (χ0) is 23.7. The Labute approximate surface area is 193 Å². The molecule has 0 aliphatic carbocycles. The van der Waals surface area contributed by atoms with Crippen molar-refractivity contribution in [2.24, 2.45) is 0 Å². The van der Waals surface area contributed by atoms with Crippen molar-refractivity contribution in [2.45, 2.75) is 40.2 Å². The molecule has 1 heterocycles. The van der Waals surface area contributed by atoms with E-state index >= 15 is 0 Å². The van der Waals surface area contributed by atoms with Gasteiger partial charge < -0.3 is 14.8 Å². The van der Waals surface area contributed by atoms with Crippen molar-refractivity contribution in [3.63, 3.8) is 0 Å². The fourth-order valence-corrected chi connectivity index (χ4v) is 4.24. The molecule has 1 unspecified atom stereocenters. The number of methoxy groups -OCH3 is 2. The van der Waals surface area contributed by atoms with E-state index in [0.29, 0.717) is 0 Å². The van der Waals surface area contributed by atoms with Crippen LogP contribution in [0.25, 0.3) is 22.9 Å². The predicted octanol–water partition coefficient (Wildman–Crippen LogP) is 7.43. The highest BCUT2D eigenvalue weighted by molar-refractivity contribution is 5.96. The van der Waals surface area contributed by atoms with Gasteiger partial charge in [0.15, 0.2) is 11.5 Å². The maximum absolute atomic E-state index is 5.57. The van der Waals surface area contributed by atoms with Crippen molar-refractivity contribution in [2.75, 3.05) is 20.8 Å². The second-order valence-corrected chi connectivity index (χ2v) is 6.97. The summed E-state index contributed by atoms with van der Waals surface area (Å²) in [5, 5.41) is 6.12. The molecule has 1 N–H and O–H groups in total. The fraction of sp³-hybridized carbons (Fsp3) is 0.310. The van der Waals surface area contributed by atoms with Crippen LogP contribution in [0.1, 0.15) is 61.6 Å². The lowest BCUT2D eigenvalue weighted by atomic mass is 9.84. The lowest BCUT2D eigenvalue weighted by Gasteiger charge is -2.30. The Kier molecular flexibility index (Phi) is 9.55. The molecule has 3 nitrogen and oxygen atoms in total. The number of rotatable bonds is 5. The van der Waals surface area contributed by atoms with Gasteiger partial charge in [0.2, 0.25) is 0 Å². The Morgan fingerprint density at radius 3 is 2.06 bits per heavy atom. The minimum absolute atomic E-state index is 0.0750. The number of ether oxygens (including phenoxy) is 2. The van der Waals surface area contributed by atoms with Crippen LogP contribution in [0.5, 0.6) is 11.5 Å². The van der Waals surface area contributed by atoms with E-state index in [-0.39, 0.29) is 6.04 Å². The summed E-state index contributed by atoms with van der Waals surface area (Å²) in [6, 6.07) is 15.0. The molecule has 0 saturated heterocycles. The number of hydrogen-bond donors (Lipinski definition) is 1. The highest BCUT2D eigenvalue weighted by Crippen LogP contribution is 2.40. The van der Waals surface area contributed by atoms with Crippen LogP contribution in [0, 0.1) is 0 Å². The first-order valence-corrected chi connectivity index (χ1v) is 11.5. The average molecular weight is 432 g/mol. The molecule has 3 aromatic carbocycles. The summed E-state index contributed by atoms with van der Waals surface area (Å²) in [6.45, 7) is 16.9. The van der Waals surface area contributed by atoms with Gasteiger partial charge in [0.05, 0.1) is 20.3 Å². The van der Waals surface area contributed by atoms with E-state index in [2.05, 4.69) is 60.9 Å². The van der Waals surface area contributed by atoms with Crippen molar-refractivity contribution in [3.8, 4) is 11.5 Å². The number of fused-ring (bicyclic) bond motifs is 2. The summed E-state index contributed by atoms with van der Waals surface area (Å²) in [5.74, 6) is 1.53. The van der Waals surface area contributed by atoms with Gasteiger partial charge in [-0.3, -0.25) is 0 Å². The minimum Gasteiger partial charge on any atom is -0.493 e. The summed E-state index contributed by atoms with van der Waals surface area (Å²) in [5.41, 5.74) is 5.98. The molecule has 1 atom stereocenters. The first-order valence-electron chi connectivity index (χ1n) is 11.5. The quantitative estimate of drug-likeness (QED) is 0.455. The van der Waals surface area contributed by atoms with E-state index in [0.717, 1.165) is 35.6 Å². The van der Waals surface area contributed by atoms with Crippen LogP contribution < -0.4 is 14.8 Å². The van der Waals surface area contributed by atoms with Gasteiger partial charge in [-0.2, -0.15) is 0 Å². The topological polar surface area (TPSA) is 30.5 Å². The molecular weight excluding hydrogens is 394 g/mol. The molecule has 0 radical (unpaired) electrons. The Morgan fingerprint density at radius 2 is 1.47 bits per heavy atom. The monoisotopic (exact) mass is 431 g/mol. The summed E-state index contributed by atoms with van der Waals surface area (Å²) in [4.78, 5) is 0. The summed E-state index contributed by atoms with van der Waals surface area (Å²) < 4.78 is 11.1. The summed E-state index contributed by atoms with van der Waals surface area (Å²) in [7, 11) is 3.36.